The van der Waals surface area contributed by atoms with E-state index >= 15 is 0 Å². The quantitative estimate of drug-likeness (QED) is 0.151. The summed E-state index contributed by atoms with van der Waals surface area (Å²) in [5.74, 6) is 2.59. The van der Waals surface area contributed by atoms with Gasteiger partial charge in [-0.3, -0.25) is 0 Å². The lowest BCUT2D eigenvalue weighted by atomic mass is 9.89. The lowest BCUT2D eigenvalue weighted by Crippen LogP contribution is -2.29. The molecule has 41 heavy (non-hydrogen) atoms. The van der Waals surface area contributed by atoms with Crippen molar-refractivity contribution in [2.75, 3.05) is 45.6 Å². The van der Waals surface area contributed by atoms with Gasteiger partial charge in [0.1, 0.15) is 0 Å². The number of furan rings is 1. The minimum absolute atomic E-state index is 0. The van der Waals surface area contributed by atoms with Crippen molar-refractivity contribution in [1.82, 2.24) is 19.8 Å². The number of aromatic nitrogens is 2. The summed E-state index contributed by atoms with van der Waals surface area (Å²) in [5.41, 5.74) is 7.09. The maximum Gasteiger partial charge on any atom is 0.174 e. The number of nitrogens with zero attached hydrogens (tertiary/aromatic N) is 3. The largest absolute Gasteiger partial charge is 0.461 e. The highest BCUT2D eigenvalue weighted by atomic mass is 35.5. The van der Waals surface area contributed by atoms with Crippen LogP contribution in [0.15, 0.2) is 76.6 Å². The van der Waals surface area contributed by atoms with Crippen LogP contribution in [0.4, 0.5) is 11.4 Å². The van der Waals surface area contributed by atoms with Gasteiger partial charge in [-0.2, -0.15) is 0 Å². The summed E-state index contributed by atoms with van der Waals surface area (Å²) < 4.78 is 5.83. The SMILES string of the molecule is CN1CCC(c2c[nH]c3ccc(N=C(Nc4ccc5[nH]cc(C6CCN(C)CC6)c5c4)c4ccco4)cc23)CC1.Cl. The van der Waals surface area contributed by atoms with E-state index in [1.807, 2.05) is 12.1 Å². The number of aliphatic imine (C=N–C) groups is 1. The first kappa shape index (κ1) is 27.6. The summed E-state index contributed by atoms with van der Waals surface area (Å²) in [7, 11) is 4.43. The minimum atomic E-state index is 0. The van der Waals surface area contributed by atoms with E-state index in [4.69, 9.17) is 9.41 Å². The fraction of sp³-hybridized carbons (Fsp3) is 0.364. The van der Waals surface area contributed by atoms with E-state index in [0.29, 0.717) is 17.7 Å². The molecule has 0 unspecified atom stereocenters. The lowest BCUT2D eigenvalue weighted by molar-refractivity contribution is 0.256. The van der Waals surface area contributed by atoms with Crippen molar-refractivity contribution in [2.45, 2.75) is 37.5 Å². The number of anilines is 1. The Labute approximate surface area is 247 Å². The first-order valence-electron chi connectivity index (χ1n) is 14.6. The highest BCUT2D eigenvalue weighted by Crippen LogP contribution is 2.36. The lowest BCUT2D eigenvalue weighted by Gasteiger charge is -2.28. The van der Waals surface area contributed by atoms with Crippen molar-refractivity contribution in [3.63, 3.8) is 0 Å². The Kier molecular flexibility index (Phi) is 7.93. The zero-order chi connectivity index (χ0) is 27.1. The van der Waals surface area contributed by atoms with E-state index in [0.717, 1.165) is 43.3 Å². The Morgan fingerprint density at radius 3 is 1.98 bits per heavy atom. The van der Waals surface area contributed by atoms with Crippen molar-refractivity contribution < 1.29 is 4.42 Å². The normalized spacial score (nSPS) is 18.2. The number of fused-ring (bicyclic) bond motifs is 2. The molecule has 5 aromatic rings. The van der Waals surface area contributed by atoms with Crippen LogP contribution in [0.3, 0.4) is 0 Å². The number of likely N-dealkylation sites (tertiary alicyclic amines) is 2. The molecule has 0 bridgehead atoms. The van der Waals surface area contributed by atoms with E-state index in [-0.39, 0.29) is 12.4 Å². The van der Waals surface area contributed by atoms with Crippen LogP contribution in [-0.2, 0) is 0 Å². The summed E-state index contributed by atoms with van der Waals surface area (Å²) in [4.78, 5) is 16.9. The van der Waals surface area contributed by atoms with Crippen molar-refractivity contribution in [3.05, 3.63) is 84.1 Å². The Bertz CT molecular complexity index is 1640. The summed E-state index contributed by atoms with van der Waals surface area (Å²) in [5, 5.41) is 6.15. The number of hydrogen-bond acceptors (Lipinski definition) is 4. The first-order chi connectivity index (χ1) is 19.6. The highest BCUT2D eigenvalue weighted by Gasteiger charge is 2.23. The number of aromatic amines is 2. The third-order valence-corrected chi connectivity index (χ3v) is 8.99. The smallest absolute Gasteiger partial charge is 0.174 e. The molecule has 7 rings (SSSR count). The van der Waals surface area contributed by atoms with E-state index in [2.05, 4.69) is 88.0 Å². The molecule has 2 aliphatic rings. The Hall–Kier alpha value is -3.52. The molecule has 8 heteroatoms. The topological polar surface area (TPSA) is 75.6 Å². The molecule has 5 heterocycles. The van der Waals surface area contributed by atoms with Gasteiger partial charge in [0.25, 0.3) is 0 Å². The van der Waals surface area contributed by atoms with Crippen molar-refractivity contribution in [1.29, 1.82) is 0 Å². The molecule has 2 fully saturated rings. The molecule has 2 aliphatic heterocycles. The van der Waals surface area contributed by atoms with Gasteiger partial charge >= 0.3 is 0 Å². The number of amidine groups is 1. The number of piperidine rings is 2. The molecule has 3 aromatic heterocycles. The van der Waals surface area contributed by atoms with Crippen molar-refractivity contribution in [2.24, 2.45) is 4.99 Å². The third-order valence-electron chi connectivity index (χ3n) is 8.99. The maximum absolute atomic E-state index is 5.83. The number of H-pyrrole nitrogens is 2. The number of hydrogen-bond donors (Lipinski definition) is 3. The van der Waals surface area contributed by atoms with E-state index in [1.165, 1.54) is 58.6 Å². The Morgan fingerprint density at radius 2 is 1.39 bits per heavy atom. The van der Waals surface area contributed by atoms with E-state index < -0.39 is 0 Å². The number of nitrogens with one attached hydrogen (secondary N) is 3. The van der Waals surface area contributed by atoms with Crippen LogP contribution in [0.2, 0.25) is 0 Å². The van der Waals surface area contributed by atoms with Crippen molar-refractivity contribution in [3.8, 4) is 0 Å². The molecular formula is C33H39ClN6O. The summed E-state index contributed by atoms with van der Waals surface area (Å²) in [6.07, 6.45) is 10.9. The summed E-state index contributed by atoms with van der Waals surface area (Å²) in [6.45, 7) is 4.59. The average molecular weight is 571 g/mol. The molecule has 2 saturated heterocycles. The molecule has 0 amide bonds. The second-order valence-electron chi connectivity index (χ2n) is 11.7. The predicted molar refractivity (Wildman–Crippen MR) is 171 cm³/mol. The summed E-state index contributed by atoms with van der Waals surface area (Å²) in [6, 6.07) is 16.8. The van der Waals surface area contributed by atoms with Crippen LogP contribution in [0.5, 0.6) is 0 Å². The van der Waals surface area contributed by atoms with Gasteiger partial charge in [-0.25, -0.2) is 4.99 Å². The first-order valence-corrected chi connectivity index (χ1v) is 14.6. The zero-order valence-electron chi connectivity index (χ0n) is 23.8. The second kappa shape index (κ2) is 11.8. The van der Waals surface area contributed by atoms with Gasteiger partial charge in [-0.15, -0.1) is 12.4 Å². The van der Waals surface area contributed by atoms with E-state index in [9.17, 15) is 0 Å². The third kappa shape index (κ3) is 5.67. The van der Waals surface area contributed by atoms with Crippen LogP contribution >= 0.6 is 12.4 Å². The van der Waals surface area contributed by atoms with Crippen LogP contribution in [0, 0.1) is 0 Å². The number of halogens is 1. The van der Waals surface area contributed by atoms with Crippen LogP contribution in [0.1, 0.15) is 54.4 Å². The predicted octanol–water partition coefficient (Wildman–Crippen LogP) is 7.47. The van der Waals surface area contributed by atoms with Crippen LogP contribution in [0.25, 0.3) is 21.8 Å². The van der Waals surface area contributed by atoms with Crippen LogP contribution in [-0.4, -0.2) is 65.9 Å². The molecule has 0 atom stereocenters. The molecule has 7 nitrogen and oxygen atoms in total. The molecule has 3 N–H and O–H groups in total. The standard InChI is InChI=1S/C33H38N6O.ClH/c1-38-13-9-22(10-14-38)28-20-34-30-7-5-24(18-26(28)30)36-33(32-4-3-17-40-32)37-25-6-8-31-27(19-25)29(21-35-31)23-11-15-39(2)16-12-23;/h3-8,17-23,34-35H,9-16H2,1-2H3,(H,36,37);1H. The van der Waals surface area contributed by atoms with Gasteiger partial charge in [0.2, 0.25) is 0 Å². The van der Waals surface area contributed by atoms with Gasteiger partial charge in [0, 0.05) is 39.9 Å². The molecule has 214 valence electrons. The van der Waals surface area contributed by atoms with Gasteiger partial charge in [-0.05, 0) is 137 Å². The second-order valence-corrected chi connectivity index (χ2v) is 11.7. The number of benzene rings is 2. The molecule has 0 spiro atoms. The molecule has 2 aromatic carbocycles. The van der Waals surface area contributed by atoms with E-state index in [1.54, 1.807) is 6.26 Å². The zero-order valence-corrected chi connectivity index (χ0v) is 24.6. The fourth-order valence-corrected chi connectivity index (χ4v) is 6.56. The molecule has 0 saturated carbocycles. The Morgan fingerprint density at radius 1 is 0.805 bits per heavy atom. The summed E-state index contributed by atoms with van der Waals surface area (Å²) >= 11 is 0. The van der Waals surface area contributed by atoms with Gasteiger partial charge in [0.15, 0.2) is 11.6 Å². The van der Waals surface area contributed by atoms with Crippen molar-refractivity contribution >= 4 is 51.4 Å². The molecule has 0 radical (unpaired) electrons. The molecular weight excluding hydrogens is 532 g/mol. The average Bonchev–Trinajstić information content (AvgIpc) is 3.74. The van der Waals surface area contributed by atoms with Crippen LogP contribution < -0.4 is 5.32 Å². The minimum Gasteiger partial charge on any atom is -0.461 e. The van der Waals surface area contributed by atoms with Gasteiger partial charge < -0.3 is 29.5 Å². The highest BCUT2D eigenvalue weighted by molar-refractivity contribution is 6.08. The van der Waals surface area contributed by atoms with Gasteiger partial charge in [0.05, 0.1) is 12.0 Å². The van der Waals surface area contributed by atoms with Gasteiger partial charge in [-0.1, -0.05) is 0 Å². The number of rotatable bonds is 5. The maximum atomic E-state index is 5.83. The Balaban J connectivity index is 0.00000302. The monoisotopic (exact) mass is 570 g/mol. The molecule has 0 aliphatic carbocycles. The fourth-order valence-electron chi connectivity index (χ4n) is 6.56.